The molecule has 4 aliphatic carbocycles. The van der Waals surface area contributed by atoms with E-state index >= 15 is 0 Å². The highest BCUT2D eigenvalue weighted by atomic mass is 19.4. The number of carbonyl (C=O) groups is 2. The van der Waals surface area contributed by atoms with Gasteiger partial charge in [-0.1, -0.05) is 71.6 Å². The van der Waals surface area contributed by atoms with Crippen molar-refractivity contribution in [3.63, 3.8) is 0 Å². The van der Waals surface area contributed by atoms with Gasteiger partial charge in [0, 0.05) is 32.2 Å². The van der Waals surface area contributed by atoms with Crippen molar-refractivity contribution < 1.29 is 36.6 Å². The van der Waals surface area contributed by atoms with E-state index in [4.69, 9.17) is 0 Å². The van der Waals surface area contributed by atoms with E-state index in [0.29, 0.717) is 41.8 Å². The predicted molar refractivity (Wildman–Crippen MR) is 166 cm³/mol. The molecule has 2 N–H and O–H groups in total. The zero-order valence-corrected chi connectivity index (χ0v) is 27.7. The summed E-state index contributed by atoms with van der Waals surface area (Å²) in [4.78, 5) is 24.2. The van der Waals surface area contributed by atoms with E-state index in [1.165, 1.54) is 44.9 Å². The first-order chi connectivity index (χ1) is 21.2. The molecule has 1 amide bonds. The molecule has 0 bridgehead atoms. The quantitative estimate of drug-likeness (QED) is 0.130. The van der Waals surface area contributed by atoms with Crippen LogP contribution in [-0.2, 0) is 9.59 Å². The Kier molecular flexibility index (Phi) is 12.5. The molecular formula is C36H58F5NO3. The average molecular weight is 648 g/mol. The molecule has 45 heavy (non-hydrogen) atoms. The lowest BCUT2D eigenvalue weighted by Gasteiger charge is -2.62. The van der Waals surface area contributed by atoms with Gasteiger partial charge in [0.2, 0.25) is 5.91 Å². The second-order valence-electron chi connectivity index (χ2n) is 15.8. The summed E-state index contributed by atoms with van der Waals surface area (Å²) in [6.45, 7) is 4.71. The second kappa shape index (κ2) is 15.3. The fourth-order valence-electron chi connectivity index (χ4n) is 10.4. The lowest BCUT2D eigenvalue weighted by Crippen LogP contribution is -2.57. The van der Waals surface area contributed by atoms with Crippen LogP contribution in [0, 0.1) is 40.4 Å². The van der Waals surface area contributed by atoms with E-state index < -0.39 is 24.9 Å². The molecule has 3 unspecified atom stereocenters. The lowest BCUT2D eigenvalue weighted by atomic mass is 9.42. The first kappa shape index (κ1) is 36.6. The van der Waals surface area contributed by atoms with Crippen molar-refractivity contribution in [3.8, 4) is 0 Å². The molecule has 0 heterocycles. The normalized spacial score (nSPS) is 35.1. The summed E-state index contributed by atoms with van der Waals surface area (Å²) in [5.74, 6) is -1.35. The molecule has 4 aliphatic rings. The standard InChI is InChI=1S/C36H58F5NO3/c1-33-21-19-27(43)23-26(33)15-16-28-29-17-18-30(44)34(29,2)24-25(32(28)33)13-10-8-6-4-3-5-7-9-11-14-31(45)42-22-12-20-35(37,38)36(39,40)41/h25-26,28-30,32,44H,3-24H2,1-2H3,(H,42,45)/t25?,26?,28-,29-,30?,32+,33-,34-/m0/s1. The maximum Gasteiger partial charge on any atom is 0.453 e. The van der Waals surface area contributed by atoms with Gasteiger partial charge in [0.15, 0.2) is 0 Å². The molecule has 0 aromatic rings. The van der Waals surface area contributed by atoms with Crippen molar-refractivity contribution in [3.05, 3.63) is 0 Å². The molecule has 0 aromatic carbocycles. The Labute approximate surface area is 267 Å². The molecule has 0 radical (unpaired) electrons. The van der Waals surface area contributed by atoms with Crippen LogP contribution in [0.2, 0.25) is 0 Å². The first-order valence-electron chi connectivity index (χ1n) is 18.1. The Bertz CT molecular complexity index is 988. The van der Waals surface area contributed by atoms with Gasteiger partial charge in [-0.3, -0.25) is 9.59 Å². The maximum absolute atomic E-state index is 12.9. The molecule has 4 rings (SSSR count). The number of hydrogen-bond donors (Lipinski definition) is 2. The third-order valence-electron chi connectivity index (χ3n) is 12.9. The largest absolute Gasteiger partial charge is 0.453 e. The highest BCUT2D eigenvalue weighted by Crippen LogP contribution is 2.68. The molecule has 9 heteroatoms. The van der Waals surface area contributed by atoms with E-state index in [0.717, 1.165) is 64.2 Å². The number of nitrogens with one attached hydrogen (secondary N) is 1. The van der Waals surface area contributed by atoms with Crippen molar-refractivity contribution >= 4 is 11.7 Å². The van der Waals surface area contributed by atoms with Crippen LogP contribution in [0.5, 0.6) is 0 Å². The predicted octanol–water partition coefficient (Wildman–Crippen LogP) is 9.57. The number of Topliss-reactive ketones (excluding diaryl/α,β-unsaturated/α-hetero) is 1. The molecule has 4 nitrogen and oxygen atoms in total. The van der Waals surface area contributed by atoms with E-state index in [1.54, 1.807) is 0 Å². The zero-order valence-electron chi connectivity index (χ0n) is 27.7. The van der Waals surface area contributed by atoms with Gasteiger partial charge in [-0.05, 0) is 91.8 Å². The third kappa shape index (κ3) is 8.62. The number of amides is 1. The summed E-state index contributed by atoms with van der Waals surface area (Å²) in [5.41, 5.74) is 0.319. The van der Waals surface area contributed by atoms with Crippen LogP contribution in [0.15, 0.2) is 0 Å². The van der Waals surface area contributed by atoms with Crippen molar-refractivity contribution in [2.24, 2.45) is 40.4 Å². The smallest absolute Gasteiger partial charge is 0.393 e. The van der Waals surface area contributed by atoms with Gasteiger partial charge in [0.05, 0.1) is 6.10 Å². The minimum Gasteiger partial charge on any atom is -0.393 e. The minimum atomic E-state index is -5.55. The number of carbonyl (C=O) groups excluding carboxylic acids is 2. The summed E-state index contributed by atoms with van der Waals surface area (Å²) < 4.78 is 62.4. The lowest BCUT2D eigenvalue weighted by molar-refractivity contribution is -0.284. The van der Waals surface area contributed by atoms with Gasteiger partial charge in [0.25, 0.3) is 0 Å². The Hall–Kier alpha value is -1.25. The molecule has 4 saturated carbocycles. The van der Waals surface area contributed by atoms with Crippen molar-refractivity contribution in [2.45, 2.75) is 167 Å². The van der Waals surface area contributed by atoms with Crippen LogP contribution < -0.4 is 5.32 Å². The topological polar surface area (TPSA) is 66.4 Å². The Balaban J connectivity index is 1.09. The number of alkyl halides is 5. The van der Waals surface area contributed by atoms with E-state index in [1.807, 2.05) is 0 Å². The number of aliphatic hydroxyl groups is 1. The fourth-order valence-corrected chi connectivity index (χ4v) is 10.4. The van der Waals surface area contributed by atoms with Crippen LogP contribution in [0.1, 0.15) is 149 Å². The van der Waals surface area contributed by atoms with Gasteiger partial charge in [-0.2, -0.15) is 22.0 Å². The molecule has 0 aliphatic heterocycles. The molecule has 0 aromatic heterocycles. The Morgan fingerprint density at radius 3 is 2.18 bits per heavy atom. The number of unbranched alkanes of at least 4 members (excludes halogenated alkanes) is 8. The average Bonchev–Trinajstić information content (AvgIpc) is 3.27. The molecule has 8 atom stereocenters. The summed E-state index contributed by atoms with van der Waals surface area (Å²) in [5, 5.41) is 13.5. The number of aliphatic hydroxyl groups excluding tert-OH is 1. The zero-order chi connectivity index (χ0) is 32.9. The van der Waals surface area contributed by atoms with Gasteiger partial charge in [-0.25, -0.2) is 0 Å². The highest BCUT2D eigenvalue weighted by Gasteiger charge is 2.62. The SMILES string of the molecule is C[C@]12CCC(=O)CC1CC[C@@H]1[C@H]2C(CCCCCCCCCCCC(=O)NCCCC(F)(F)C(F)(F)F)C[C@]2(C)C(O)CC[C@@H]12. The van der Waals surface area contributed by atoms with Crippen molar-refractivity contribution in [2.75, 3.05) is 6.54 Å². The Morgan fingerprint density at radius 2 is 1.51 bits per heavy atom. The van der Waals surface area contributed by atoms with E-state index in [2.05, 4.69) is 19.2 Å². The highest BCUT2D eigenvalue weighted by molar-refractivity contribution is 5.79. The van der Waals surface area contributed by atoms with Gasteiger partial charge >= 0.3 is 12.1 Å². The Morgan fingerprint density at radius 1 is 0.867 bits per heavy atom. The second-order valence-corrected chi connectivity index (χ2v) is 15.8. The molecular weight excluding hydrogens is 589 g/mol. The molecule has 260 valence electrons. The number of ketones is 1. The maximum atomic E-state index is 12.9. The summed E-state index contributed by atoms with van der Waals surface area (Å²) in [6.07, 6.45) is 12.1. The first-order valence-corrected chi connectivity index (χ1v) is 18.1. The van der Waals surface area contributed by atoms with Gasteiger partial charge in [0.1, 0.15) is 5.78 Å². The van der Waals surface area contributed by atoms with Gasteiger partial charge in [-0.15, -0.1) is 0 Å². The molecule has 4 fully saturated rings. The summed E-state index contributed by atoms with van der Waals surface area (Å²) in [6, 6.07) is 0. The number of rotatable bonds is 16. The third-order valence-corrected chi connectivity index (χ3v) is 12.9. The molecule has 0 saturated heterocycles. The number of halogens is 5. The summed E-state index contributed by atoms with van der Waals surface area (Å²) >= 11 is 0. The van der Waals surface area contributed by atoms with E-state index in [-0.39, 0.29) is 35.8 Å². The molecule has 0 spiro atoms. The van der Waals surface area contributed by atoms with Crippen LogP contribution in [-0.4, -0.2) is 41.5 Å². The van der Waals surface area contributed by atoms with E-state index in [9.17, 15) is 36.6 Å². The van der Waals surface area contributed by atoms with Crippen molar-refractivity contribution in [1.82, 2.24) is 5.32 Å². The monoisotopic (exact) mass is 647 g/mol. The van der Waals surface area contributed by atoms with Crippen LogP contribution >= 0.6 is 0 Å². The van der Waals surface area contributed by atoms with Crippen LogP contribution in [0.3, 0.4) is 0 Å². The van der Waals surface area contributed by atoms with Crippen LogP contribution in [0.4, 0.5) is 22.0 Å². The fraction of sp³-hybridized carbons (Fsp3) is 0.944. The van der Waals surface area contributed by atoms with Crippen LogP contribution in [0.25, 0.3) is 0 Å². The number of hydrogen-bond acceptors (Lipinski definition) is 3. The van der Waals surface area contributed by atoms with Gasteiger partial charge < -0.3 is 10.4 Å². The number of fused-ring (bicyclic) bond motifs is 5. The minimum absolute atomic E-state index is 0.0502. The van der Waals surface area contributed by atoms with Crippen molar-refractivity contribution in [1.29, 1.82) is 0 Å². The summed E-state index contributed by atoms with van der Waals surface area (Å²) in [7, 11) is 0.